The Labute approximate surface area is 119 Å². The number of nitrogens with zero attached hydrogens (tertiary/aromatic N) is 2. The van der Waals surface area contributed by atoms with Crippen molar-refractivity contribution in [3.05, 3.63) is 30.1 Å². The molecule has 1 aliphatic carbocycles. The number of aliphatic hydroxyl groups excluding tert-OH is 1. The van der Waals surface area contributed by atoms with E-state index in [-0.39, 0.29) is 11.5 Å². The number of nitrogens with one attached hydrogen (secondary N) is 1. The van der Waals surface area contributed by atoms with Crippen molar-refractivity contribution < 1.29 is 5.11 Å². The van der Waals surface area contributed by atoms with Crippen LogP contribution in [0.2, 0.25) is 0 Å². The van der Waals surface area contributed by atoms with Gasteiger partial charge in [0.1, 0.15) is 5.82 Å². The smallest absolute Gasteiger partial charge is 0.106 e. The molecule has 2 unspecified atom stereocenters. The maximum absolute atomic E-state index is 9.76. The van der Waals surface area contributed by atoms with Gasteiger partial charge in [-0.15, -0.1) is 0 Å². The van der Waals surface area contributed by atoms with Crippen LogP contribution in [0.3, 0.4) is 0 Å². The second-order valence-corrected chi connectivity index (χ2v) is 6.38. The van der Waals surface area contributed by atoms with Crippen LogP contribution >= 0.6 is 0 Å². The molecule has 1 saturated carbocycles. The van der Waals surface area contributed by atoms with Gasteiger partial charge >= 0.3 is 0 Å². The number of imidazole rings is 1. The van der Waals surface area contributed by atoms with Crippen molar-refractivity contribution in [2.75, 3.05) is 6.54 Å². The van der Waals surface area contributed by atoms with Crippen molar-refractivity contribution in [3.63, 3.8) is 0 Å². The van der Waals surface area contributed by atoms with Crippen molar-refractivity contribution in [3.8, 4) is 0 Å². The number of rotatable bonds is 4. The van der Waals surface area contributed by atoms with Crippen LogP contribution in [0.15, 0.2) is 24.3 Å². The molecule has 0 amide bonds. The highest BCUT2D eigenvalue weighted by atomic mass is 16.3. The lowest BCUT2D eigenvalue weighted by molar-refractivity contribution is -0.0723. The van der Waals surface area contributed by atoms with Crippen molar-refractivity contribution in [2.45, 2.75) is 45.9 Å². The second kappa shape index (κ2) is 4.86. The van der Waals surface area contributed by atoms with Gasteiger partial charge in [0, 0.05) is 24.5 Å². The molecular formula is C16H23N3O. The normalized spacial score (nSPS) is 24.8. The Morgan fingerprint density at radius 2 is 2.15 bits per heavy atom. The molecule has 4 nitrogen and oxygen atoms in total. The molecule has 20 heavy (non-hydrogen) atoms. The molecule has 1 aromatic carbocycles. The average Bonchev–Trinajstić information content (AvgIpc) is 2.74. The fourth-order valence-corrected chi connectivity index (χ4v) is 3.08. The van der Waals surface area contributed by atoms with E-state index in [9.17, 15) is 5.11 Å². The van der Waals surface area contributed by atoms with Crippen LogP contribution in [0.4, 0.5) is 0 Å². The van der Waals surface area contributed by atoms with E-state index in [1.807, 2.05) is 6.07 Å². The molecule has 1 aliphatic rings. The highest BCUT2D eigenvalue weighted by molar-refractivity contribution is 5.75. The Morgan fingerprint density at radius 3 is 2.85 bits per heavy atom. The molecule has 4 heteroatoms. The van der Waals surface area contributed by atoms with E-state index in [4.69, 9.17) is 0 Å². The molecule has 0 radical (unpaired) electrons. The zero-order chi connectivity index (χ0) is 14.3. The van der Waals surface area contributed by atoms with Crippen LogP contribution in [0, 0.1) is 12.3 Å². The number of benzene rings is 1. The fourth-order valence-electron chi connectivity index (χ4n) is 3.08. The predicted molar refractivity (Wildman–Crippen MR) is 80.7 cm³/mol. The number of aryl methyl sites for hydroxylation is 1. The van der Waals surface area contributed by atoms with Gasteiger partial charge in [-0.25, -0.2) is 4.98 Å². The highest BCUT2D eigenvalue weighted by Crippen LogP contribution is 2.40. The summed E-state index contributed by atoms with van der Waals surface area (Å²) in [5, 5.41) is 13.3. The molecule has 108 valence electrons. The molecular weight excluding hydrogens is 250 g/mol. The quantitative estimate of drug-likeness (QED) is 0.897. The number of hydrogen-bond acceptors (Lipinski definition) is 3. The first kappa shape index (κ1) is 13.6. The van der Waals surface area contributed by atoms with Gasteiger partial charge in [0.25, 0.3) is 0 Å². The third-order valence-electron chi connectivity index (χ3n) is 4.79. The van der Waals surface area contributed by atoms with E-state index in [0.717, 1.165) is 30.9 Å². The number of fused-ring (bicyclic) bond motifs is 1. The van der Waals surface area contributed by atoms with Gasteiger partial charge in [-0.3, -0.25) is 0 Å². The maximum Gasteiger partial charge on any atom is 0.106 e. The molecule has 3 rings (SSSR count). The van der Waals surface area contributed by atoms with E-state index in [1.165, 1.54) is 5.52 Å². The van der Waals surface area contributed by atoms with E-state index in [2.05, 4.69) is 53.8 Å². The number of hydrogen-bond donors (Lipinski definition) is 2. The van der Waals surface area contributed by atoms with E-state index in [0.29, 0.717) is 6.04 Å². The van der Waals surface area contributed by atoms with Gasteiger partial charge in [-0.1, -0.05) is 26.0 Å². The first-order valence-corrected chi connectivity index (χ1v) is 7.33. The maximum atomic E-state index is 9.76. The van der Waals surface area contributed by atoms with Crippen molar-refractivity contribution in [1.29, 1.82) is 0 Å². The van der Waals surface area contributed by atoms with Crippen molar-refractivity contribution in [1.82, 2.24) is 14.9 Å². The summed E-state index contributed by atoms with van der Waals surface area (Å²) < 4.78 is 2.25. The zero-order valence-electron chi connectivity index (χ0n) is 12.4. The number of para-hydroxylation sites is 2. The van der Waals surface area contributed by atoms with Gasteiger partial charge in [0.05, 0.1) is 17.1 Å². The first-order chi connectivity index (χ1) is 9.50. The second-order valence-electron chi connectivity index (χ2n) is 6.38. The largest absolute Gasteiger partial charge is 0.392 e. The minimum atomic E-state index is -0.171. The van der Waals surface area contributed by atoms with Crippen LogP contribution in [0.5, 0.6) is 0 Å². The summed E-state index contributed by atoms with van der Waals surface area (Å²) in [5.74, 6) is 1.06. The summed E-state index contributed by atoms with van der Waals surface area (Å²) in [6, 6.07) is 8.66. The molecule has 2 N–H and O–H groups in total. The fraction of sp³-hybridized carbons (Fsp3) is 0.562. The lowest BCUT2D eigenvalue weighted by atomic mass is 9.64. The SMILES string of the molecule is Cc1nc2ccccc2n1CCNC1CC(O)C1(C)C. The zero-order valence-corrected chi connectivity index (χ0v) is 12.4. The molecule has 1 fully saturated rings. The van der Waals surface area contributed by atoms with Crippen LogP contribution in [-0.2, 0) is 6.54 Å². The summed E-state index contributed by atoms with van der Waals surface area (Å²) in [5.41, 5.74) is 2.25. The first-order valence-electron chi connectivity index (χ1n) is 7.33. The van der Waals surface area contributed by atoms with Crippen LogP contribution < -0.4 is 5.32 Å². The molecule has 1 heterocycles. The summed E-state index contributed by atoms with van der Waals surface area (Å²) in [6.45, 7) is 8.11. The van der Waals surface area contributed by atoms with Gasteiger partial charge in [-0.05, 0) is 25.5 Å². The van der Waals surface area contributed by atoms with E-state index >= 15 is 0 Å². The van der Waals surface area contributed by atoms with Gasteiger partial charge in [0.2, 0.25) is 0 Å². The monoisotopic (exact) mass is 273 g/mol. The van der Waals surface area contributed by atoms with Crippen LogP contribution in [0.1, 0.15) is 26.1 Å². The summed E-state index contributed by atoms with van der Waals surface area (Å²) in [6.07, 6.45) is 0.687. The Bertz CT molecular complexity index is 617. The summed E-state index contributed by atoms with van der Waals surface area (Å²) >= 11 is 0. The van der Waals surface area contributed by atoms with Gasteiger partial charge in [0.15, 0.2) is 0 Å². The molecule has 1 aromatic heterocycles. The third-order valence-corrected chi connectivity index (χ3v) is 4.79. The minimum absolute atomic E-state index is 0.00789. The predicted octanol–water partition coefficient (Wildman–Crippen LogP) is 2.09. The van der Waals surface area contributed by atoms with E-state index < -0.39 is 0 Å². The Hall–Kier alpha value is -1.39. The lowest BCUT2D eigenvalue weighted by Gasteiger charge is -2.49. The molecule has 2 atom stereocenters. The Morgan fingerprint density at radius 1 is 1.40 bits per heavy atom. The molecule has 0 bridgehead atoms. The van der Waals surface area contributed by atoms with E-state index in [1.54, 1.807) is 0 Å². The van der Waals surface area contributed by atoms with Crippen molar-refractivity contribution >= 4 is 11.0 Å². The molecule has 0 spiro atoms. The topological polar surface area (TPSA) is 50.1 Å². The molecule has 0 saturated heterocycles. The molecule has 2 aromatic rings. The third kappa shape index (κ3) is 2.13. The standard InChI is InChI=1S/C16H23N3O/c1-11-18-12-6-4-5-7-13(12)19(11)9-8-17-14-10-15(20)16(14,2)3/h4-7,14-15,17,20H,8-10H2,1-3H3. The highest BCUT2D eigenvalue weighted by Gasteiger charge is 2.46. The number of aliphatic hydroxyl groups is 1. The summed E-state index contributed by atoms with van der Waals surface area (Å²) in [4.78, 5) is 4.58. The van der Waals surface area contributed by atoms with Gasteiger partial charge in [-0.2, -0.15) is 0 Å². The van der Waals surface area contributed by atoms with Gasteiger partial charge < -0.3 is 15.0 Å². The Balaban J connectivity index is 1.65. The van der Waals surface area contributed by atoms with Crippen molar-refractivity contribution in [2.24, 2.45) is 5.41 Å². The lowest BCUT2D eigenvalue weighted by Crippen LogP contribution is -2.60. The minimum Gasteiger partial charge on any atom is -0.392 e. The van der Waals surface area contributed by atoms with Crippen LogP contribution in [0.25, 0.3) is 11.0 Å². The molecule has 0 aliphatic heterocycles. The average molecular weight is 273 g/mol. The summed E-state index contributed by atoms with van der Waals surface area (Å²) in [7, 11) is 0. The Kier molecular flexibility index (Phi) is 3.30. The number of aromatic nitrogens is 2. The van der Waals surface area contributed by atoms with Crippen LogP contribution in [-0.4, -0.2) is 33.3 Å².